The van der Waals surface area contributed by atoms with Crippen molar-refractivity contribution in [2.75, 3.05) is 6.61 Å². The lowest BCUT2D eigenvalue weighted by Gasteiger charge is -2.12. The Hall–Kier alpha value is -4.22. The van der Waals surface area contributed by atoms with Crippen molar-refractivity contribution in [1.82, 2.24) is 24.1 Å². The maximum atomic E-state index is 12.8. The van der Waals surface area contributed by atoms with E-state index in [2.05, 4.69) is 19.8 Å². The number of fused-ring (bicyclic) bond motifs is 1. The van der Waals surface area contributed by atoms with Crippen LogP contribution in [0.15, 0.2) is 36.4 Å². The third-order valence-corrected chi connectivity index (χ3v) is 5.20. The molecule has 35 heavy (non-hydrogen) atoms. The van der Waals surface area contributed by atoms with E-state index < -0.39 is 24.7 Å². The first-order chi connectivity index (χ1) is 16.4. The van der Waals surface area contributed by atoms with Gasteiger partial charge in [0.1, 0.15) is 5.75 Å². The van der Waals surface area contributed by atoms with Crippen molar-refractivity contribution in [2.45, 2.75) is 34.1 Å². The minimum atomic E-state index is -4.79. The van der Waals surface area contributed by atoms with Crippen LogP contribution in [0.5, 0.6) is 5.75 Å². The van der Waals surface area contributed by atoms with Crippen molar-refractivity contribution in [1.29, 1.82) is 0 Å². The molecule has 0 aliphatic heterocycles. The van der Waals surface area contributed by atoms with Gasteiger partial charge in [-0.15, -0.1) is 18.3 Å². The summed E-state index contributed by atoms with van der Waals surface area (Å²) >= 11 is 0. The normalized spacial score (nSPS) is 11.6. The predicted molar refractivity (Wildman–Crippen MR) is 117 cm³/mol. The summed E-state index contributed by atoms with van der Waals surface area (Å²) in [5, 5.41) is 4.08. The zero-order chi connectivity index (χ0) is 25.5. The molecule has 0 saturated heterocycles. The number of alkyl halides is 3. The summed E-state index contributed by atoms with van der Waals surface area (Å²) < 4.78 is 49.3. The van der Waals surface area contributed by atoms with E-state index in [9.17, 15) is 22.8 Å². The molecule has 0 spiro atoms. The summed E-state index contributed by atoms with van der Waals surface area (Å²) in [5.74, 6) is -1.65. The first kappa shape index (κ1) is 23.9. The van der Waals surface area contributed by atoms with Gasteiger partial charge < -0.3 is 14.0 Å². The Morgan fingerprint density at radius 1 is 0.971 bits per heavy atom. The number of carbonyl (C=O) groups is 2. The average molecular weight is 487 g/mol. The van der Waals surface area contributed by atoms with Gasteiger partial charge in [0.15, 0.2) is 6.61 Å². The van der Waals surface area contributed by atoms with Crippen LogP contribution in [0.2, 0.25) is 0 Å². The third-order valence-electron chi connectivity index (χ3n) is 5.20. The van der Waals surface area contributed by atoms with Gasteiger partial charge >= 0.3 is 12.3 Å². The highest BCUT2D eigenvalue weighted by molar-refractivity contribution is 6.00. The second-order valence-electron chi connectivity index (χ2n) is 7.85. The monoisotopic (exact) mass is 487 g/mol. The van der Waals surface area contributed by atoms with Crippen molar-refractivity contribution >= 4 is 17.5 Å². The van der Waals surface area contributed by atoms with Gasteiger partial charge in [-0.05, 0) is 64.1 Å². The summed E-state index contributed by atoms with van der Waals surface area (Å²) in [7, 11) is 0. The number of hydrogen-bond acceptors (Lipinski definition) is 7. The van der Waals surface area contributed by atoms with Crippen LogP contribution in [0.25, 0.3) is 11.5 Å². The van der Waals surface area contributed by atoms with Gasteiger partial charge in [-0.2, -0.15) is 4.98 Å². The largest absolute Gasteiger partial charge is 0.573 e. The quantitative estimate of drug-likeness (QED) is 0.298. The number of benzene rings is 1. The molecule has 3 heterocycles. The minimum Gasteiger partial charge on any atom is -0.451 e. The summed E-state index contributed by atoms with van der Waals surface area (Å²) in [6, 6.07) is 8.66. The molecular formula is C23H20F3N5O4. The molecular weight excluding hydrogens is 467 g/mol. The zero-order valence-electron chi connectivity index (χ0n) is 19.2. The summed E-state index contributed by atoms with van der Waals surface area (Å²) in [5.41, 5.74) is 3.50. The van der Waals surface area contributed by atoms with Gasteiger partial charge in [-0.3, -0.25) is 4.79 Å². The van der Waals surface area contributed by atoms with Crippen molar-refractivity contribution in [3.8, 4) is 11.4 Å². The summed E-state index contributed by atoms with van der Waals surface area (Å²) in [6.07, 6.45) is -4.79. The molecule has 0 atom stereocenters. The Labute approximate surface area is 197 Å². The van der Waals surface area contributed by atoms with Crippen molar-refractivity contribution in [2.24, 2.45) is 0 Å². The molecule has 0 fully saturated rings. The van der Waals surface area contributed by atoms with E-state index in [4.69, 9.17) is 4.74 Å². The highest BCUT2D eigenvalue weighted by Gasteiger charge is 2.31. The molecule has 4 rings (SSSR count). The van der Waals surface area contributed by atoms with Crippen LogP contribution >= 0.6 is 0 Å². The SMILES string of the molecule is Cc1cc(C)n2nc(C(=O)OCC(=O)c3cc(C)n(-c4ccc(OC(F)(F)F)cc4)c3C)nc2n1. The van der Waals surface area contributed by atoms with E-state index in [0.717, 1.165) is 11.4 Å². The van der Waals surface area contributed by atoms with E-state index >= 15 is 0 Å². The highest BCUT2D eigenvalue weighted by atomic mass is 19.4. The molecule has 0 unspecified atom stereocenters. The fourth-order valence-electron chi connectivity index (χ4n) is 3.77. The molecule has 3 aromatic heterocycles. The number of carbonyl (C=O) groups excluding carboxylic acids is 2. The lowest BCUT2D eigenvalue weighted by Crippen LogP contribution is -2.17. The maximum Gasteiger partial charge on any atom is 0.573 e. The molecule has 0 aliphatic carbocycles. The van der Waals surface area contributed by atoms with E-state index in [1.807, 2.05) is 0 Å². The average Bonchev–Trinajstić information content (AvgIpc) is 3.32. The number of rotatable bonds is 6. The minimum absolute atomic E-state index is 0.217. The van der Waals surface area contributed by atoms with Crippen LogP contribution in [0.3, 0.4) is 0 Å². The molecule has 0 saturated carbocycles. The number of hydrogen-bond donors (Lipinski definition) is 0. The Kier molecular flexibility index (Phi) is 6.05. The number of esters is 1. The summed E-state index contributed by atoms with van der Waals surface area (Å²) in [4.78, 5) is 33.5. The molecule has 0 radical (unpaired) electrons. The van der Waals surface area contributed by atoms with Crippen molar-refractivity contribution in [3.05, 3.63) is 70.6 Å². The first-order valence-corrected chi connectivity index (χ1v) is 10.4. The Morgan fingerprint density at radius 3 is 2.31 bits per heavy atom. The van der Waals surface area contributed by atoms with Crippen LogP contribution in [0.4, 0.5) is 13.2 Å². The fourth-order valence-corrected chi connectivity index (χ4v) is 3.77. The molecule has 0 bridgehead atoms. The van der Waals surface area contributed by atoms with Crippen LogP contribution < -0.4 is 4.74 Å². The lowest BCUT2D eigenvalue weighted by molar-refractivity contribution is -0.274. The number of halogens is 3. The van der Waals surface area contributed by atoms with Crippen LogP contribution in [-0.4, -0.2) is 48.9 Å². The van der Waals surface area contributed by atoms with E-state index in [1.165, 1.54) is 28.8 Å². The number of nitrogens with zero attached hydrogens (tertiary/aromatic N) is 5. The molecule has 9 nitrogen and oxygen atoms in total. The first-order valence-electron chi connectivity index (χ1n) is 10.4. The van der Waals surface area contributed by atoms with Gasteiger partial charge in [0.25, 0.3) is 11.6 Å². The van der Waals surface area contributed by atoms with Crippen molar-refractivity contribution in [3.63, 3.8) is 0 Å². The van der Waals surface area contributed by atoms with Crippen LogP contribution in [0, 0.1) is 27.7 Å². The summed E-state index contributed by atoms with van der Waals surface area (Å²) in [6.45, 7) is 6.47. The number of ether oxygens (including phenoxy) is 2. The van der Waals surface area contributed by atoms with E-state index in [-0.39, 0.29) is 17.4 Å². The molecule has 12 heteroatoms. The number of aromatic nitrogens is 5. The van der Waals surface area contributed by atoms with Crippen LogP contribution in [-0.2, 0) is 4.74 Å². The molecule has 0 N–H and O–H groups in total. The maximum absolute atomic E-state index is 12.8. The molecule has 0 aliphatic rings. The Balaban J connectivity index is 1.48. The predicted octanol–water partition coefficient (Wildman–Crippen LogP) is 4.09. The fraction of sp³-hybridized carbons (Fsp3) is 0.261. The Morgan fingerprint density at radius 2 is 1.66 bits per heavy atom. The number of aryl methyl sites for hydroxylation is 3. The second kappa shape index (κ2) is 8.85. The van der Waals surface area contributed by atoms with Gasteiger partial charge in [0.2, 0.25) is 5.78 Å². The molecule has 4 aromatic rings. The van der Waals surface area contributed by atoms with E-state index in [0.29, 0.717) is 22.6 Å². The molecule has 1 aromatic carbocycles. The zero-order valence-corrected chi connectivity index (χ0v) is 19.2. The van der Waals surface area contributed by atoms with Gasteiger partial charge in [0.05, 0.1) is 0 Å². The molecule has 0 amide bonds. The third kappa shape index (κ3) is 5.00. The highest BCUT2D eigenvalue weighted by Crippen LogP contribution is 2.26. The van der Waals surface area contributed by atoms with E-state index in [1.54, 1.807) is 44.4 Å². The van der Waals surface area contributed by atoms with Crippen molar-refractivity contribution < 1.29 is 32.2 Å². The van der Waals surface area contributed by atoms with Gasteiger partial charge in [-0.1, -0.05) is 0 Å². The number of ketones is 1. The van der Waals surface area contributed by atoms with Crippen LogP contribution in [0.1, 0.15) is 43.8 Å². The van der Waals surface area contributed by atoms with Gasteiger partial charge in [-0.25, -0.2) is 14.3 Å². The van der Waals surface area contributed by atoms with Gasteiger partial charge in [0, 0.05) is 34.0 Å². The standard InChI is InChI=1S/C23H20F3N5O4/c1-12-9-14(3)31-22(27-12)28-20(29-31)21(33)34-11-19(32)18-10-13(2)30(15(18)4)16-5-7-17(8-6-16)35-23(24,25)26/h5-10H,11H2,1-4H3. The second-order valence-corrected chi connectivity index (χ2v) is 7.85. The smallest absolute Gasteiger partial charge is 0.451 e. The Bertz CT molecular complexity index is 1440. The lowest BCUT2D eigenvalue weighted by atomic mass is 10.1. The number of Topliss-reactive ketones (excluding diaryl/α,β-unsaturated/α-hetero) is 1. The topological polar surface area (TPSA) is 101 Å². The molecule has 182 valence electrons.